The Morgan fingerprint density at radius 1 is 1.28 bits per heavy atom. The molecule has 1 saturated carbocycles. The Hall–Kier alpha value is -0.220. The van der Waals surface area contributed by atoms with E-state index in [-0.39, 0.29) is 22.4 Å². The fraction of sp³-hybridized carbons (Fsp3) is 1.00. The van der Waals surface area contributed by atoms with E-state index in [4.69, 9.17) is 0 Å². The van der Waals surface area contributed by atoms with Crippen LogP contribution in [0.25, 0.3) is 0 Å². The number of hydrogen-bond acceptors (Lipinski definition) is 2. The van der Waals surface area contributed by atoms with Crippen molar-refractivity contribution < 1.29 is 14.5 Å². The lowest BCUT2D eigenvalue weighted by molar-refractivity contribution is 0.0997. The van der Waals surface area contributed by atoms with Gasteiger partial charge in [-0.2, -0.15) is 0 Å². The van der Waals surface area contributed by atoms with Crippen LogP contribution >= 0.6 is 0 Å². The predicted octanol–water partition coefficient (Wildman–Crippen LogP) is 3.21. The molecule has 0 bridgehead atoms. The Morgan fingerprint density at radius 3 is 2.22 bits per heavy atom. The summed E-state index contributed by atoms with van der Waals surface area (Å²) in [4.78, 5) is 2.57. The third kappa shape index (κ3) is 2.69. The smallest absolute Gasteiger partial charge is 0.0615 e. The van der Waals surface area contributed by atoms with E-state index in [1.54, 1.807) is 0 Å². The Morgan fingerprint density at radius 2 is 1.83 bits per heavy atom. The fourth-order valence-corrected chi connectivity index (χ4v) is 3.79. The van der Waals surface area contributed by atoms with E-state index in [2.05, 4.69) is 11.8 Å². The van der Waals surface area contributed by atoms with Gasteiger partial charge in [0.05, 0.1) is 6.61 Å². The first-order chi connectivity index (χ1) is 7.21. The second-order valence-electron chi connectivity index (χ2n) is 5.55. The molecule has 4 heteroatoms. The second kappa shape index (κ2) is 6.80. The minimum Gasteiger partial charge on any atom is -0.394 e. The van der Waals surface area contributed by atoms with E-state index in [0.717, 1.165) is 5.92 Å². The van der Waals surface area contributed by atoms with Crippen molar-refractivity contribution in [1.82, 2.24) is 4.90 Å². The van der Waals surface area contributed by atoms with Crippen LogP contribution in [-0.2, 0) is 0 Å². The summed E-state index contributed by atoms with van der Waals surface area (Å²) in [7, 11) is 0. The minimum absolute atomic E-state index is 0. The highest BCUT2D eigenvalue weighted by Gasteiger charge is 2.63. The number of hydrogen-bond donors (Lipinski definition) is 1. The summed E-state index contributed by atoms with van der Waals surface area (Å²) < 4.78 is 0. The standard InChI is InChI=1S/C11H19NO.C2H6.CH4.2FH/c1-9-5-10(9)6-11(8-13)3-2-4-12(11)7-10;1-2;;;/h9,13H,2-8H2,1H3;1-2H3;1H4;2*1H/t9?,10-,11+;;;;/m1..../s1. The van der Waals surface area contributed by atoms with Gasteiger partial charge in [0.1, 0.15) is 0 Å². The highest BCUT2D eigenvalue weighted by atomic mass is 19.0. The molecule has 3 fully saturated rings. The molecule has 2 nitrogen and oxygen atoms in total. The molecular weight excluding hydrogens is 236 g/mol. The highest BCUT2D eigenvalue weighted by Crippen LogP contribution is 2.64. The van der Waals surface area contributed by atoms with Crippen molar-refractivity contribution in [3.8, 4) is 0 Å². The zero-order valence-electron chi connectivity index (χ0n) is 11.2. The molecule has 1 unspecified atom stereocenters. The first-order valence-corrected chi connectivity index (χ1v) is 6.57. The van der Waals surface area contributed by atoms with Crippen molar-refractivity contribution in [2.75, 3.05) is 19.7 Å². The molecule has 0 amide bonds. The molecule has 0 radical (unpaired) electrons. The molecule has 1 spiro atoms. The van der Waals surface area contributed by atoms with E-state index in [1.807, 2.05) is 13.8 Å². The zero-order valence-corrected chi connectivity index (χ0v) is 11.2. The topological polar surface area (TPSA) is 23.5 Å². The molecule has 1 aliphatic carbocycles. The zero-order chi connectivity index (χ0) is 11.1. The normalized spacial score (nSPS) is 39.7. The van der Waals surface area contributed by atoms with Crippen molar-refractivity contribution >= 4 is 0 Å². The molecule has 2 saturated heterocycles. The van der Waals surface area contributed by atoms with Crippen LogP contribution in [0.4, 0.5) is 9.41 Å². The average molecular weight is 267 g/mol. The Balaban J connectivity index is 0. The summed E-state index contributed by atoms with van der Waals surface area (Å²) in [5, 5.41) is 9.53. The molecule has 3 atom stereocenters. The Bertz CT molecular complexity index is 252. The molecule has 3 rings (SSSR count). The third-order valence-electron chi connectivity index (χ3n) is 4.82. The maximum Gasteiger partial charge on any atom is 0.0615 e. The van der Waals surface area contributed by atoms with Gasteiger partial charge in [-0.05, 0) is 43.6 Å². The van der Waals surface area contributed by atoms with Crippen molar-refractivity contribution in [2.24, 2.45) is 11.3 Å². The van der Waals surface area contributed by atoms with Crippen molar-refractivity contribution in [1.29, 1.82) is 0 Å². The van der Waals surface area contributed by atoms with Crippen LogP contribution < -0.4 is 0 Å². The molecule has 0 aromatic carbocycles. The van der Waals surface area contributed by atoms with Gasteiger partial charge in [0.15, 0.2) is 0 Å². The molecule has 2 aliphatic heterocycles. The van der Waals surface area contributed by atoms with Crippen LogP contribution in [-0.4, -0.2) is 35.2 Å². The van der Waals surface area contributed by atoms with Gasteiger partial charge >= 0.3 is 0 Å². The van der Waals surface area contributed by atoms with E-state index in [9.17, 15) is 5.11 Å². The van der Waals surface area contributed by atoms with Crippen LogP contribution in [0.1, 0.15) is 53.9 Å². The summed E-state index contributed by atoms with van der Waals surface area (Å²) in [6.45, 7) is 9.26. The Labute approximate surface area is 110 Å². The third-order valence-corrected chi connectivity index (χ3v) is 4.82. The van der Waals surface area contributed by atoms with Crippen LogP contribution in [0.15, 0.2) is 0 Å². The van der Waals surface area contributed by atoms with E-state index < -0.39 is 0 Å². The SMILES string of the molecule is C.CC.CC1C[C@@]12CN1CCC[C@@]1(CO)C2.F.F. The van der Waals surface area contributed by atoms with Crippen LogP contribution in [0, 0.1) is 11.3 Å². The number of fused-ring (bicyclic) bond motifs is 1. The van der Waals surface area contributed by atoms with Crippen LogP contribution in [0.3, 0.4) is 0 Å². The molecular formula is C14H31F2NO. The van der Waals surface area contributed by atoms with Gasteiger partial charge in [-0.1, -0.05) is 28.2 Å². The highest BCUT2D eigenvalue weighted by molar-refractivity contribution is 5.16. The van der Waals surface area contributed by atoms with Gasteiger partial charge in [0.2, 0.25) is 0 Å². The summed E-state index contributed by atoms with van der Waals surface area (Å²) in [6, 6.07) is 0. The summed E-state index contributed by atoms with van der Waals surface area (Å²) in [5.74, 6) is 0.918. The number of halogens is 2. The van der Waals surface area contributed by atoms with E-state index in [0.29, 0.717) is 12.0 Å². The molecule has 0 aromatic heterocycles. The van der Waals surface area contributed by atoms with Crippen LogP contribution in [0.5, 0.6) is 0 Å². The molecule has 0 aromatic rings. The van der Waals surface area contributed by atoms with Gasteiger partial charge in [-0.25, -0.2) is 0 Å². The quantitative estimate of drug-likeness (QED) is 0.788. The van der Waals surface area contributed by atoms with Crippen molar-refractivity contribution in [3.63, 3.8) is 0 Å². The van der Waals surface area contributed by atoms with E-state index >= 15 is 0 Å². The maximum absolute atomic E-state index is 9.53. The summed E-state index contributed by atoms with van der Waals surface area (Å²) in [5.41, 5.74) is 0.841. The maximum atomic E-state index is 9.53. The lowest BCUT2D eigenvalue weighted by atomic mass is 9.88. The van der Waals surface area contributed by atoms with Gasteiger partial charge in [0.25, 0.3) is 0 Å². The van der Waals surface area contributed by atoms with Gasteiger partial charge in [-0.15, -0.1) is 0 Å². The predicted molar refractivity (Wildman–Crippen MR) is 74.5 cm³/mol. The van der Waals surface area contributed by atoms with Gasteiger partial charge < -0.3 is 5.11 Å². The lowest BCUT2D eigenvalue weighted by Gasteiger charge is -2.29. The van der Waals surface area contributed by atoms with Gasteiger partial charge in [-0.3, -0.25) is 14.3 Å². The summed E-state index contributed by atoms with van der Waals surface area (Å²) in [6.07, 6.45) is 5.21. The first-order valence-electron chi connectivity index (χ1n) is 6.57. The molecule has 18 heavy (non-hydrogen) atoms. The first kappa shape index (κ1) is 20.1. The lowest BCUT2D eigenvalue weighted by Crippen LogP contribution is -2.41. The molecule has 1 N–H and O–H groups in total. The van der Waals surface area contributed by atoms with Gasteiger partial charge in [0, 0.05) is 12.1 Å². The van der Waals surface area contributed by atoms with E-state index in [1.165, 1.54) is 38.8 Å². The number of aliphatic hydroxyl groups is 1. The van der Waals surface area contributed by atoms with Crippen molar-refractivity contribution in [3.05, 3.63) is 0 Å². The number of aliphatic hydroxyl groups excluding tert-OH is 1. The molecule has 2 heterocycles. The number of nitrogens with zero attached hydrogens (tertiary/aromatic N) is 1. The second-order valence-corrected chi connectivity index (χ2v) is 5.55. The van der Waals surface area contributed by atoms with Crippen LogP contribution in [0.2, 0.25) is 0 Å². The fourth-order valence-electron chi connectivity index (χ4n) is 3.79. The largest absolute Gasteiger partial charge is 0.394 e. The summed E-state index contributed by atoms with van der Waals surface area (Å²) >= 11 is 0. The average Bonchev–Trinajstić information content (AvgIpc) is 2.62. The van der Waals surface area contributed by atoms with Crippen molar-refractivity contribution in [2.45, 2.75) is 59.4 Å². The monoisotopic (exact) mass is 267 g/mol. The Kier molecular flexibility index (Phi) is 7.60. The minimum atomic E-state index is 0. The molecule has 112 valence electrons. The number of rotatable bonds is 1. The molecule has 3 aliphatic rings.